The molecule has 1 fully saturated rings. The molecule has 1 atom stereocenters. The molecule has 0 spiro atoms. The Labute approximate surface area is 117 Å². The second-order valence-corrected chi connectivity index (χ2v) is 4.76. The van der Waals surface area contributed by atoms with Crippen molar-refractivity contribution in [3.63, 3.8) is 0 Å². The number of aromatic nitrogens is 1. The summed E-state index contributed by atoms with van der Waals surface area (Å²) >= 11 is 0. The van der Waals surface area contributed by atoms with E-state index in [2.05, 4.69) is 11.1 Å². The van der Waals surface area contributed by atoms with Crippen LogP contribution in [0, 0.1) is 11.3 Å². The average Bonchev–Trinajstić information content (AvgIpc) is 2.53. The zero-order chi connectivity index (χ0) is 13.9. The van der Waals surface area contributed by atoms with E-state index in [4.69, 9.17) is 4.74 Å². The minimum absolute atomic E-state index is 0.0103. The van der Waals surface area contributed by atoms with Crippen molar-refractivity contribution in [2.24, 2.45) is 0 Å². The first-order chi connectivity index (χ1) is 9.83. The molecule has 102 valence electrons. The molecule has 0 bridgehead atoms. The van der Waals surface area contributed by atoms with E-state index in [1.807, 2.05) is 29.2 Å². The molecule has 2 aromatic rings. The minimum Gasteiger partial charge on any atom is -0.394 e. The summed E-state index contributed by atoms with van der Waals surface area (Å²) in [5.41, 5.74) is 1.40. The van der Waals surface area contributed by atoms with Crippen molar-refractivity contribution >= 4 is 16.7 Å². The van der Waals surface area contributed by atoms with Crippen LogP contribution in [0.3, 0.4) is 0 Å². The largest absolute Gasteiger partial charge is 0.394 e. The highest BCUT2D eigenvalue weighted by Crippen LogP contribution is 2.24. The molecule has 20 heavy (non-hydrogen) atoms. The normalized spacial score (nSPS) is 19.0. The van der Waals surface area contributed by atoms with Gasteiger partial charge in [-0.05, 0) is 12.1 Å². The Morgan fingerprint density at radius 2 is 2.30 bits per heavy atom. The summed E-state index contributed by atoms with van der Waals surface area (Å²) in [6.45, 7) is 1.76. The average molecular weight is 269 g/mol. The van der Waals surface area contributed by atoms with Crippen molar-refractivity contribution in [2.75, 3.05) is 31.3 Å². The van der Waals surface area contributed by atoms with Crippen molar-refractivity contribution in [1.29, 1.82) is 5.26 Å². The monoisotopic (exact) mass is 269 g/mol. The molecular weight excluding hydrogens is 254 g/mol. The van der Waals surface area contributed by atoms with E-state index in [-0.39, 0.29) is 12.6 Å². The third-order valence-corrected chi connectivity index (χ3v) is 3.56. The fourth-order valence-corrected chi connectivity index (χ4v) is 2.51. The van der Waals surface area contributed by atoms with Gasteiger partial charge >= 0.3 is 0 Å². The van der Waals surface area contributed by atoms with Gasteiger partial charge in [-0.3, -0.25) is 0 Å². The minimum atomic E-state index is -0.107. The topological polar surface area (TPSA) is 69.4 Å². The highest BCUT2D eigenvalue weighted by Gasteiger charge is 2.24. The van der Waals surface area contributed by atoms with Crippen molar-refractivity contribution in [3.8, 4) is 6.07 Å². The molecule has 1 aromatic heterocycles. The lowest BCUT2D eigenvalue weighted by atomic mass is 10.1. The predicted octanol–water partition coefficient (Wildman–Crippen LogP) is 1.30. The van der Waals surface area contributed by atoms with E-state index in [1.165, 1.54) is 0 Å². The predicted molar refractivity (Wildman–Crippen MR) is 75.5 cm³/mol. The van der Waals surface area contributed by atoms with Gasteiger partial charge < -0.3 is 14.7 Å². The summed E-state index contributed by atoms with van der Waals surface area (Å²) in [4.78, 5) is 6.62. The Morgan fingerprint density at radius 1 is 1.45 bits per heavy atom. The maximum Gasteiger partial charge on any atom is 0.131 e. The Morgan fingerprint density at radius 3 is 3.10 bits per heavy atom. The Kier molecular flexibility index (Phi) is 3.50. The summed E-state index contributed by atoms with van der Waals surface area (Å²) < 4.78 is 5.37. The summed E-state index contributed by atoms with van der Waals surface area (Å²) in [7, 11) is 0. The molecule has 5 heteroatoms. The number of pyridine rings is 1. The number of benzene rings is 1. The molecule has 1 aromatic carbocycles. The van der Waals surface area contributed by atoms with Gasteiger partial charge in [0.05, 0.1) is 43.0 Å². The lowest BCUT2D eigenvalue weighted by molar-refractivity contribution is 0.0723. The number of morpholine rings is 1. The van der Waals surface area contributed by atoms with Crippen molar-refractivity contribution in [1.82, 2.24) is 4.98 Å². The zero-order valence-electron chi connectivity index (χ0n) is 11.0. The van der Waals surface area contributed by atoms with Gasteiger partial charge in [0.25, 0.3) is 0 Å². The number of para-hydroxylation sites is 1. The van der Waals surface area contributed by atoms with E-state index in [9.17, 15) is 10.4 Å². The highest BCUT2D eigenvalue weighted by atomic mass is 16.5. The third kappa shape index (κ3) is 2.20. The van der Waals surface area contributed by atoms with Crippen LogP contribution < -0.4 is 4.90 Å². The van der Waals surface area contributed by atoms with Crippen molar-refractivity contribution < 1.29 is 9.84 Å². The van der Waals surface area contributed by atoms with E-state index < -0.39 is 0 Å². The summed E-state index contributed by atoms with van der Waals surface area (Å²) in [6.07, 6.45) is 0. The number of hydrogen-bond acceptors (Lipinski definition) is 5. The Bertz CT molecular complexity index is 666. The summed E-state index contributed by atoms with van der Waals surface area (Å²) in [5.74, 6) is 0.725. The van der Waals surface area contributed by atoms with Crippen LogP contribution in [0.1, 0.15) is 5.56 Å². The second kappa shape index (κ2) is 5.45. The van der Waals surface area contributed by atoms with Gasteiger partial charge in [-0.15, -0.1) is 0 Å². The molecule has 0 radical (unpaired) electrons. The second-order valence-electron chi connectivity index (χ2n) is 4.76. The zero-order valence-corrected chi connectivity index (χ0v) is 11.0. The van der Waals surface area contributed by atoms with Crippen LogP contribution in [0.25, 0.3) is 10.9 Å². The molecule has 1 aliphatic rings. The fraction of sp³-hybridized carbons (Fsp3) is 0.333. The van der Waals surface area contributed by atoms with Gasteiger partial charge in [-0.2, -0.15) is 5.26 Å². The van der Waals surface area contributed by atoms with Crippen molar-refractivity contribution in [3.05, 3.63) is 35.9 Å². The number of ether oxygens (including phenoxy) is 1. The number of nitriles is 1. The Hall–Kier alpha value is -2.16. The molecule has 2 heterocycles. The van der Waals surface area contributed by atoms with Crippen LogP contribution in [-0.4, -0.2) is 42.5 Å². The fourth-order valence-electron chi connectivity index (χ4n) is 2.51. The number of aliphatic hydroxyl groups excluding tert-OH is 1. The smallest absolute Gasteiger partial charge is 0.131 e. The summed E-state index contributed by atoms with van der Waals surface area (Å²) in [6, 6.07) is 11.5. The molecule has 1 unspecified atom stereocenters. The van der Waals surface area contributed by atoms with Gasteiger partial charge in [0.1, 0.15) is 5.82 Å². The molecule has 0 aliphatic carbocycles. The number of hydrogen-bond donors (Lipinski definition) is 1. The lowest BCUT2D eigenvalue weighted by Gasteiger charge is -2.35. The number of nitrogens with zero attached hydrogens (tertiary/aromatic N) is 3. The standard InChI is InChI=1S/C15H15N3O2/c16-8-11-7-15(17-14-4-2-1-3-13(11)14)18-5-6-20-10-12(18)9-19/h1-4,7,12,19H,5-6,9-10H2. The van der Waals surface area contributed by atoms with Crippen LogP contribution >= 0.6 is 0 Å². The van der Waals surface area contributed by atoms with Gasteiger partial charge in [0.15, 0.2) is 0 Å². The van der Waals surface area contributed by atoms with Crippen LogP contribution in [-0.2, 0) is 4.74 Å². The van der Waals surface area contributed by atoms with E-state index in [0.29, 0.717) is 25.3 Å². The van der Waals surface area contributed by atoms with E-state index in [0.717, 1.165) is 16.7 Å². The molecule has 1 N–H and O–H groups in total. The molecule has 0 amide bonds. The number of aliphatic hydroxyl groups is 1. The molecule has 1 aliphatic heterocycles. The first-order valence-electron chi connectivity index (χ1n) is 6.58. The number of anilines is 1. The number of rotatable bonds is 2. The Balaban J connectivity index is 2.09. The summed E-state index contributed by atoms with van der Waals surface area (Å²) in [5, 5.41) is 19.6. The lowest BCUT2D eigenvalue weighted by Crippen LogP contribution is -2.48. The van der Waals surface area contributed by atoms with E-state index >= 15 is 0 Å². The first kappa shape index (κ1) is 12.9. The third-order valence-electron chi connectivity index (χ3n) is 3.56. The molecular formula is C15H15N3O2. The number of fused-ring (bicyclic) bond motifs is 1. The molecule has 3 rings (SSSR count). The first-order valence-corrected chi connectivity index (χ1v) is 6.58. The van der Waals surface area contributed by atoms with Gasteiger partial charge in [0.2, 0.25) is 0 Å². The molecule has 5 nitrogen and oxygen atoms in total. The molecule has 1 saturated heterocycles. The van der Waals surface area contributed by atoms with Gasteiger partial charge in [-0.1, -0.05) is 18.2 Å². The van der Waals surface area contributed by atoms with Crippen LogP contribution in [0.15, 0.2) is 30.3 Å². The maximum atomic E-state index is 9.45. The van der Waals surface area contributed by atoms with Crippen LogP contribution in [0.2, 0.25) is 0 Å². The SMILES string of the molecule is N#Cc1cc(N2CCOCC2CO)nc2ccccc12. The van der Waals surface area contributed by atoms with Gasteiger partial charge in [0, 0.05) is 11.9 Å². The van der Waals surface area contributed by atoms with Crippen molar-refractivity contribution in [2.45, 2.75) is 6.04 Å². The van der Waals surface area contributed by atoms with Gasteiger partial charge in [-0.25, -0.2) is 4.98 Å². The van der Waals surface area contributed by atoms with E-state index in [1.54, 1.807) is 6.07 Å². The highest BCUT2D eigenvalue weighted by molar-refractivity contribution is 5.86. The quantitative estimate of drug-likeness (QED) is 0.890. The molecule has 0 saturated carbocycles. The van der Waals surface area contributed by atoms with Crippen LogP contribution in [0.4, 0.5) is 5.82 Å². The maximum absolute atomic E-state index is 9.45. The van der Waals surface area contributed by atoms with Crippen LogP contribution in [0.5, 0.6) is 0 Å².